The Morgan fingerprint density at radius 3 is 2.80 bits per heavy atom. The molecular formula is C17H25N5O2S. The fourth-order valence-corrected chi connectivity index (χ4v) is 4.49. The normalized spacial score (nSPS) is 19.4. The zero-order chi connectivity index (χ0) is 18.0. The molecule has 0 spiro atoms. The molecule has 0 unspecified atom stereocenters. The average molecular weight is 363 g/mol. The minimum absolute atomic E-state index is 0.184. The van der Waals surface area contributed by atoms with E-state index in [0.29, 0.717) is 13.1 Å². The van der Waals surface area contributed by atoms with Crippen molar-refractivity contribution >= 4 is 10.2 Å². The molecule has 1 aliphatic heterocycles. The van der Waals surface area contributed by atoms with E-state index in [0.717, 1.165) is 36.3 Å². The van der Waals surface area contributed by atoms with E-state index < -0.39 is 10.2 Å². The number of pyridine rings is 1. The minimum Gasteiger partial charge on any atom is -0.264 e. The first kappa shape index (κ1) is 18.0. The van der Waals surface area contributed by atoms with Gasteiger partial charge in [-0.15, -0.1) is 0 Å². The summed E-state index contributed by atoms with van der Waals surface area (Å²) in [4.78, 5) is 4.48. The second-order valence-electron chi connectivity index (χ2n) is 6.49. The van der Waals surface area contributed by atoms with Gasteiger partial charge in [0.15, 0.2) is 0 Å². The van der Waals surface area contributed by atoms with Crippen molar-refractivity contribution in [3.63, 3.8) is 0 Å². The summed E-state index contributed by atoms with van der Waals surface area (Å²) < 4.78 is 29.6. The molecule has 0 bridgehead atoms. The maximum absolute atomic E-state index is 12.4. The van der Waals surface area contributed by atoms with Gasteiger partial charge in [-0.2, -0.15) is 22.1 Å². The molecule has 2 aromatic rings. The van der Waals surface area contributed by atoms with Crippen LogP contribution in [-0.4, -0.2) is 59.0 Å². The summed E-state index contributed by atoms with van der Waals surface area (Å²) >= 11 is 0. The lowest BCUT2D eigenvalue weighted by Gasteiger charge is -2.33. The van der Waals surface area contributed by atoms with Crippen LogP contribution >= 0.6 is 0 Å². The third kappa shape index (κ3) is 3.61. The molecule has 0 amide bonds. The van der Waals surface area contributed by atoms with Crippen molar-refractivity contribution in [3.05, 3.63) is 36.2 Å². The fourth-order valence-electron chi connectivity index (χ4n) is 3.30. The maximum Gasteiger partial charge on any atom is 0.281 e. The van der Waals surface area contributed by atoms with Gasteiger partial charge in [-0.1, -0.05) is 0 Å². The number of aryl methyl sites for hydroxylation is 1. The Hall–Kier alpha value is -1.77. The highest BCUT2D eigenvalue weighted by Crippen LogP contribution is 2.30. The standard InChI is InChI=1S/C17H25N5O2S/c1-4-22-17(8-10-19-22)16-12-14(7-9-18-16)15-6-5-11-21(13-15)25(23,24)20(2)3/h7-10,12,15H,4-6,11,13H2,1-3H3/t15-/m1/s1. The van der Waals surface area contributed by atoms with E-state index in [2.05, 4.69) is 16.1 Å². The van der Waals surface area contributed by atoms with Crippen LogP contribution in [0.5, 0.6) is 0 Å². The molecule has 1 fully saturated rings. The Balaban J connectivity index is 1.86. The highest BCUT2D eigenvalue weighted by Gasteiger charge is 2.31. The molecule has 25 heavy (non-hydrogen) atoms. The molecule has 0 saturated carbocycles. The van der Waals surface area contributed by atoms with Gasteiger partial charge in [0.1, 0.15) is 0 Å². The number of aromatic nitrogens is 3. The third-order valence-electron chi connectivity index (χ3n) is 4.71. The number of piperidine rings is 1. The van der Waals surface area contributed by atoms with Crippen LogP contribution in [0, 0.1) is 0 Å². The Labute approximate surface area is 149 Å². The summed E-state index contributed by atoms with van der Waals surface area (Å²) in [6, 6.07) is 6.02. The monoisotopic (exact) mass is 363 g/mol. The Morgan fingerprint density at radius 1 is 1.28 bits per heavy atom. The van der Waals surface area contributed by atoms with Crippen molar-refractivity contribution in [2.45, 2.75) is 32.2 Å². The molecule has 0 aliphatic carbocycles. The lowest BCUT2D eigenvalue weighted by atomic mass is 9.91. The second-order valence-corrected chi connectivity index (χ2v) is 8.64. The minimum atomic E-state index is -3.37. The molecule has 7 nitrogen and oxygen atoms in total. The maximum atomic E-state index is 12.4. The number of rotatable bonds is 5. The predicted octanol–water partition coefficient (Wildman–Crippen LogP) is 1.95. The lowest BCUT2D eigenvalue weighted by molar-refractivity contribution is 0.298. The molecule has 136 valence electrons. The molecule has 0 N–H and O–H groups in total. The van der Waals surface area contributed by atoms with Gasteiger partial charge in [-0.05, 0) is 49.4 Å². The lowest BCUT2D eigenvalue weighted by Crippen LogP contribution is -2.44. The fraction of sp³-hybridized carbons (Fsp3) is 0.529. The zero-order valence-corrected chi connectivity index (χ0v) is 15.8. The molecule has 1 aliphatic rings. The average Bonchev–Trinajstić information content (AvgIpc) is 3.10. The van der Waals surface area contributed by atoms with E-state index >= 15 is 0 Å². The van der Waals surface area contributed by atoms with Gasteiger partial charge in [0.25, 0.3) is 10.2 Å². The first-order valence-corrected chi connectivity index (χ1v) is 9.99. The quantitative estimate of drug-likeness (QED) is 0.814. The molecule has 0 aromatic carbocycles. The third-order valence-corrected chi connectivity index (χ3v) is 6.61. The van der Waals surface area contributed by atoms with Crippen LogP contribution in [0.4, 0.5) is 0 Å². The van der Waals surface area contributed by atoms with Crippen LogP contribution in [0.15, 0.2) is 30.6 Å². The SMILES string of the molecule is CCn1nccc1-c1cc([C@@H]2CCCN(S(=O)(=O)N(C)C)C2)ccn1. The molecule has 8 heteroatoms. The van der Waals surface area contributed by atoms with Crippen LogP contribution in [0.3, 0.4) is 0 Å². The van der Waals surface area contributed by atoms with Gasteiger partial charge in [-0.25, -0.2) is 0 Å². The summed E-state index contributed by atoms with van der Waals surface area (Å²) in [5, 5.41) is 4.30. The molecule has 1 saturated heterocycles. The van der Waals surface area contributed by atoms with Crippen molar-refractivity contribution in [2.24, 2.45) is 0 Å². The van der Waals surface area contributed by atoms with Gasteiger partial charge in [0, 0.05) is 46.1 Å². The molecule has 1 atom stereocenters. The van der Waals surface area contributed by atoms with Crippen molar-refractivity contribution in [1.29, 1.82) is 0 Å². The van der Waals surface area contributed by atoms with Crippen molar-refractivity contribution in [2.75, 3.05) is 27.2 Å². The Morgan fingerprint density at radius 2 is 2.08 bits per heavy atom. The van der Waals surface area contributed by atoms with Crippen molar-refractivity contribution in [3.8, 4) is 11.4 Å². The molecule has 0 radical (unpaired) electrons. The summed E-state index contributed by atoms with van der Waals surface area (Å²) in [6.07, 6.45) is 5.43. The number of hydrogen-bond donors (Lipinski definition) is 0. The first-order valence-electron chi connectivity index (χ1n) is 8.59. The zero-order valence-electron chi connectivity index (χ0n) is 15.0. The van der Waals surface area contributed by atoms with E-state index in [4.69, 9.17) is 0 Å². The van der Waals surface area contributed by atoms with Gasteiger partial charge in [-0.3, -0.25) is 9.67 Å². The highest BCUT2D eigenvalue weighted by atomic mass is 32.2. The van der Waals surface area contributed by atoms with Crippen molar-refractivity contribution < 1.29 is 8.42 Å². The molecule has 2 aromatic heterocycles. The number of hydrogen-bond acceptors (Lipinski definition) is 4. The Kier molecular flexibility index (Phi) is 5.21. The Bertz CT molecular complexity index is 831. The van der Waals surface area contributed by atoms with Gasteiger partial charge >= 0.3 is 0 Å². The van der Waals surface area contributed by atoms with Gasteiger partial charge in [0.2, 0.25) is 0 Å². The summed E-state index contributed by atoms with van der Waals surface area (Å²) in [7, 11) is -0.210. The van der Waals surface area contributed by atoms with Crippen LogP contribution in [-0.2, 0) is 16.8 Å². The predicted molar refractivity (Wildman–Crippen MR) is 97.3 cm³/mol. The van der Waals surface area contributed by atoms with Crippen LogP contribution in [0.25, 0.3) is 11.4 Å². The molecular weight excluding hydrogens is 338 g/mol. The van der Waals surface area contributed by atoms with Crippen molar-refractivity contribution in [1.82, 2.24) is 23.4 Å². The van der Waals surface area contributed by atoms with E-state index in [9.17, 15) is 8.42 Å². The molecule has 3 heterocycles. The summed E-state index contributed by atoms with van der Waals surface area (Å²) in [5.41, 5.74) is 3.00. The van der Waals surface area contributed by atoms with Gasteiger partial charge < -0.3 is 0 Å². The van der Waals surface area contributed by atoms with E-state index in [1.54, 1.807) is 30.8 Å². The van der Waals surface area contributed by atoms with Crippen LogP contribution in [0.1, 0.15) is 31.2 Å². The topological polar surface area (TPSA) is 71.3 Å². The van der Waals surface area contributed by atoms with E-state index in [1.165, 1.54) is 4.31 Å². The largest absolute Gasteiger partial charge is 0.281 e. The highest BCUT2D eigenvalue weighted by molar-refractivity contribution is 7.86. The van der Waals surface area contributed by atoms with Gasteiger partial charge in [0.05, 0.1) is 11.4 Å². The molecule has 3 rings (SSSR count). The summed E-state index contributed by atoms with van der Waals surface area (Å²) in [6.45, 7) is 3.92. The van der Waals surface area contributed by atoms with Crippen LogP contribution < -0.4 is 0 Å². The smallest absolute Gasteiger partial charge is 0.264 e. The second kappa shape index (κ2) is 7.23. The first-order chi connectivity index (χ1) is 11.9. The number of nitrogens with zero attached hydrogens (tertiary/aromatic N) is 5. The van der Waals surface area contributed by atoms with E-state index in [-0.39, 0.29) is 5.92 Å². The van der Waals surface area contributed by atoms with E-state index in [1.807, 2.05) is 23.7 Å². The van der Waals surface area contributed by atoms with Crippen LogP contribution in [0.2, 0.25) is 0 Å². The summed E-state index contributed by atoms with van der Waals surface area (Å²) in [5.74, 6) is 0.184.